The standard InChI is InChI=1S/C18H22O4S/c1-4-5-10-18(16(19)21-2,17(20)22-3)11-13-12-23-15-9-7-6-8-14(13)15/h6-9,12H,4-5,10-11H2,1-3H3. The number of hydrogen-bond acceptors (Lipinski definition) is 5. The summed E-state index contributed by atoms with van der Waals surface area (Å²) in [5, 5.41) is 3.09. The molecule has 1 aromatic carbocycles. The molecule has 0 N–H and O–H groups in total. The summed E-state index contributed by atoms with van der Waals surface area (Å²) in [5.74, 6) is -1.04. The van der Waals surface area contributed by atoms with Crippen LogP contribution in [0.2, 0.25) is 0 Å². The maximum absolute atomic E-state index is 12.5. The van der Waals surface area contributed by atoms with Crippen LogP contribution in [-0.4, -0.2) is 26.2 Å². The number of unbranched alkanes of at least 4 members (excludes halogenated alkanes) is 1. The summed E-state index contributed by atoms with van der Waals surface area (Å²) >= 11 is 1.61. The van der Waals surface area contributed by atoms with Gasteiger partial charge in [0, 0.05) is 11.1 Å². The second kappa shape index (κ2) is 7.59. The van der Waals surface area contributed by atoms with Gasteiger partial charge in [0.05, 0.1) is 14.2 Å². The van der Waals surface area contributed by atoms with E-state index in [1.54, 1.807) is 11.3 Å². The molecule has 5 heteroatoms. The number of rotatable bonds is 7. The largest absolute Gasteiger partial charge is 0.468 e. The van der Waals surface area contributed by atoms with Gasteiger partial charge in [-0.3, -0.25) is 9.59 Å². The average Bonchev–Trinajstić information content (AvgIpc) is 3.00. The van der Waals surface area contributed by atoms with Crippen molar-refractivity contribution >= 4 is 33.4 Å². The van der Waals surface area contributed by atoms with Crippen LogP contribution in [-0.2, 0) is 25.5 Å². The molecule has 1 aromatic heterocycles. The van der Waals surface area contributed by atoms with E-state index in [0.717, 1.165) is 28.5 Å². The van der Waals surface area contributed by atoms with E-state index in [0.29, 0.717) is 12.8 Å². The highest BCUT2D eigenvalue weighted by atomic mass is 32.1. The fraction of sp³-hybridized carbons (Fsp3) is 0.444. The zero-order valence-electron chi connectivity index (χ0n) is 13.8. The highest BCUT2D eigenvalue weighted by molar-refractivity contribution is 7.17. The molecular formula is C18H22O4S. The third-order valence-corrected chi connectivity index (χ3v) is 5.18. The van der Waals surface area contributed by atoms with Crippen LogP contribution in [0.4, 0.5) is 0 Å². The van der Waals surface area contributed by atoms with Crippen LogP contribution >= 0.6 is 11.3 Å². The Hall–Kier alpha value is -1.88. The summed E-state index contributed by atoms with van der Waals surface area (Å²) in [6.07, 6.45) is 2.37. The molecule has 0 spiro atoms. The summed E-state index contributed by atoms with van der Waals surface area (Å²) in [5.41, 5.74) is -0.291. The molecule has 23 heavy (non-hydrogen) atoms. The van der Waals surface area contributed by atoms with E-state index in [4.69, 9.17) is 9.47 Å². The molecule has 0 saturated carbocycles. The number of benzene rings is 1. The highest BCUT2D eigenvalue weighted by Crippen LogP contribution is 2.37. The SMILES string of the molecule is CCCCC(Cc1csc2ccccc12)(C(=O)OC)C(=O)OC. The molecule has 0 atom stereocenters. The number of esters is 2. The highest BCUT2D eigenvalue weighted by Gasteiger charge is 2.48. The number of hydrogen-bond donors (Lipinski definition) is 0. The molecule has 0 radical (unpaired) electrons. The topological polar surface area (TPSA) is 52.6 Å². The van der Waals surface area contributed by atoms with E-state index in [2.05, 4.69) is 0 Å². The van der Waals surface area contributed by atoms with Gasteiger partial charge in [0.1, 0.15) is 0 Å². The molecular weight excluding hydrogens is 312 g/mol. The van der Waals surface area contributed by atoms with Gasteiger partial charge in [-0.25, -0.2) is 0 Å². The first-order valence-corrected chi connectivity index (χ1v) is 8.59. The van der Waals surface area contributed by atoms with Crippen molar-refractivity contribution in [1.29, 1.82) is 0 Å². The second-order valence-corrected chi connectivity index (χ2v) is 6.51. The quantitative estimate of drug-likeness (QED) is 0.568. The van der Waals surface area contributed by atoms with E-state index in [9.17, 15) is 9.59 Å². The maximum atomic E-state index is 12.5. The lowest BCUT2D eigenvalue weighted by atomic mass is 9.77. The molecule has 124 valence electrons. The van der Waals surface area contributed by atoms with E-state index < -0.39 is 17.4 Å². The Kier molecular flexibility index (Phi) is 5.77. The van der Waals surface area contributed by atoms with Gasteiger partial charge >= 0.3 is 11.9 Å². The molecule has 0 saturated heterocycles. The minimum Gasteiger partial charge on any atom is -0.468 e. The van der Waals surface area contributed by atoms with Gasteiger partial charge in [0.15, 0.2) is 5.41 Å². The third kappa shape index (κ3) is 3.39. The summed E-state index contributed by atoms with van der Waals surface area (Å²) in [4.78, 5) is 25.0. The average molecular weight is 334 g/mol. The molecule has 0 bridgehead atoms. The molecule has 0 amide bonds. The van der Waals surface area contributed by atoms with Gasteiger partial charge in [0.25, 0.3) is 0 Å². The van der Waals surface area contributed by atoms with Crippen molar-refractivity contribution in [3.8, 4) is 0 Å². The maximum Gasteiger partial charge on any atom is 0.323 e. The monoisotopic (exact) mass is 334 g/mol. The molecule has 4 nitrogen and oxygen atoms in total. The van der Waals surface area contributed by atoms with E-state index >= 15 is 0 Å². The summed E-state index contributed by atoms with van der Waals surface area (Å²) in [6, 6.07) is 7.99. The summed E-state index contributed by atoms with van der Waals surface area (Å²) in [6.45, 7) is 2.03. The van der Waals surface area contributed by atoms with Crippen LogP contribution in [0, 0.1) is 5.41 Å². The molecule has 2 aromatic rings. The first-order chi connectivity index (χ1) is 11.1. The van der Waals surface area contributed by atoms with Crippen LogP contribution in [0.15, 0.2) is 29.6 Å². The van der Waals surface area contributed by atoms with Crippen molar-refractivity contribution in [2.75, 3.05) is 14.2 Å². The van der Waals surface area contributed by atoms with Crippen molar-refractivity contribution in [3.05, 3.63) is 35.2 Å². The number of carbonyl (C=O) groups is 2. The van der Waals surface area contributed by atoms with Gasteiger partial charge in [0.2, 0.25) is 0 Å². The van der Waals surface area contributed by atoms with E-state index in [1.807, 2.05) is 36.6 Å². The molecule has 0 aliphatic heterocycles. The van der Waals surface area contributed by atoms with Crippen LogP contribution < -0.4 is 0 Å². The van der Waals surface area contributed by atoms with Crippen molar-refractivity contribution in [1.82, 2.24) is 0 Å². The van der Waals surface area contributed by atoms with Crippen LogP contribution in [0.25, 0.3) is 10.1 Å². The molecule has 2 rings (SSSR count). The minimum absolute atomic E-state index is 0.302. The fourth-order valence-electron chi connectivity index (χ4n) is 2.88. The molecule has 0 fully saturated rings. The zero-order valence-corrected chi connectivity index (χ0v) is 14.6. The Labute approximate surface area is 140 Å². The Morgan fingerprint density at radius 3 is 2.39 bits per heavy atom. The molecule has 0 unspecified atom stereocenters. The summed E-state index contributed by atoms with van der Waals surface area (Å²) < 4.78 is 11.1. The van der Waals surface area contributed by atoms with Crippen molar-refractivity contribution in [2.45, 2.75) is 32.6 Å². The van der Waals surface area contributed by atoms with Gasteiger partial charge in [-0.2, -0.15) is 0 Å². The smallest absolute Gasteiger partial charge is 0.323 e. The van der Waals surface area contributed by atoms with Crippen LogP contribution in [0.5, 0.6) is 0 Å². The van der Waals surface area contributed by atoms with E-state index in [-0.39, 0.29) is 0 Å². The predicted molar refractivity (Wildman–Crippen MR) is 91.5 cm³/mol. The third-order valence-electron chi connectivity index (χ3n) is 4.16. The number of carbonyl (C=O) groups excluding carboxylic acids is 2. The molecule has 0 aliphatic rings. The Balaban J connectivity index is 2.47. The number of fused-ring (bicyclic) bond motifs is 1. The van der Waals surface area contributed by atoms with Crippen molar-refractivity contribution < 1.29 is 19.1 Å². The second-order valence-electron chi connectivity index (χ2n) is 5.60. The Morgan fingerprint density at radius 2 is 1.78 bits per heavy atom. The van der Waals surface area contributed by atoms with E-state index in [1.165, 1.54) is 14.2 Å². The molecule has 0 aliphatic carbocycles. The van der Waals surface area contributed by atoms with Gasteiger partial charge in [-0.15, -0.1) is 11.3 Å². The number of ether oxygens (including phenoxy) is 2. The van der Waals surface area contributed by atoms with Gasteiger partial charge < -0.3 is 9.47 Å². The number of thiophene rings is 1. The molecule has 1 heterocycles. The summed E-state index contributed by atoms with van der Waals surface area (Å²) in [7, 11) is 2.63. The van der Waals surface area contributed by atoms with Crippen molar-refractivity contribution in [3.63, 3.8) is 0 Å². The lowest BCUT2D eigenvalue weighted by molar-refractivity contribution is -0.169. The fourth-order valence-corrected chi connectivity index (χ4v) is 3.85. The first kappa shape index (κ1) is 17.5. The number of methoxy groups -OCH3 is 2. The Bertz CT molecular complexity index is 673. The first-order valence-electron chi connectivity index (χ1n) is 7.71. The Morgan fingerprint density at radius 1 is 1.13 bits per heavy atom. The lowest BCUT2D eigenvalue weighted by Gasteiger charge is -2.28. The van der Waals surface area contributed by atoms with Crippen LogP contribution in [0.1, 0.15) is 31.7 Å². The van der Waals surface area contributed by atoms with Crippen molar-refractivity contribution in [2.24, 2.45) is 5.41 Å². The zero-order chi connectivity index (χ0) is 16.9. The van der Waals surface area contributed by atoms with Gasteiger partial charge in [-0.05, 0) is 28.8 Å². The normalized spacial score (nSPS) is 11.4. The van der Waals surface area contributed by atoms with Crippen LogP contribution in [0.3, 0.4) is 0 Å². The van der Waals surface area contributed by atoms with Gasteiger partial charge in [-0.1, -0.05) is 38.0 Å². The predicted octanol–water partition coefficient (Wildman–Crippen LogP) is 3.97. The lowest BCUT2D eigenvalue weighted by Crippen LogP contribution is -2.43. The minimum atomic E-state index is -1.27.